The maximum atomic E-state index is 14.5. The highest BCUT2D eigenvalue weighted by atomic mass is 28.3. The van der Waals surface area contributed by atoms with Crippen molar-refractivity contribution >= 4 is 9.04 Å². The summed E-state index contributed by atoms with van der Waals surface area (Å²) in [4.78, 5) is 0. The Kier molecular flexibility index (Phi) is 3.97. The average Bonchev–Trinajstić information content (AvgIpc) is 2.50. The predicted octanol–water partition coefficient (Wildman–Crippen LogP) is 3.79. The van der Waals surface area contributed by atoms with Crippen LogP contribution in [0.1, 0.15) is 39.5 Å². The fourth-order valence-corrected chi connectivity index (χ4v) is 2.71. The van der Waals surface area contributed by atoms with Crippen molar-refractivity contribution in [3.63, 3.8) is 0 Å². The van der Waals surface area contributed by atoms with Gasteiger partial charge in [-0.1, -0.05) is 12.1 Å². The molecule has 0 amide bonds. The van der Waals surface area contributed by atoms with E-state index in [1.807, 2.05) is 40.8 Å². The zero-order valence-corrected chi connectivity index (χ0v) is 14.1. The molecule has 0 spiro atoms. The molecule has 0 bridgehead atoms. The molecule has 1 saturated heterocycles. The quantitative estimate of drug-likeness (QED) is 0.795. The Morgan fingerprint density at radius 1 is 1.10 bits per heavy atom. The van der Waals surface area contributed by atoms with Gasteiger partial charge in [-0.2, -0.15) is 0 Å². The maximum Gasteiger partial charge on any atom is 0.229 e. The standard InChI is InChI=1S/C15H23FO3Si/c1-14(2)15(3,4)18-13(17-14)10-8-7-9-11(12(10)16)19-20(5)6/h7-9,13,20H,1-6H3. The normalized spacial score (nSPS) is 21.4. The third-order valence-electron chi connectivity index (χ3n) is 3.86. The van der Waals surface area contributed by atoms with Crippen LogP contribution < -0.4 is 4.43 Å². The summed E-state index contributed by atoms with van der Waals surface area (Å²) in [5.74, 6) is -0.0916. The molecule has 0 atom stereocenters. The summed E-state index contributed by atoms with van der Waals surface area (Å²) in [5, 5.41) is 0. The number of benzene rings is 1. The van der Waals surface area contributed by atoms with Crippen LogP contribution in [0.5, 0.6) is 5.75 Å². The van der Waals surface area contributed by atoms with E-state index in [-0.39, 0.29) is 5.82 Å². The molecule has 0 unspecified atom stereocenters. The van der Waals surface area contributed by atoms with Crippen LogP contribution in [-0.4, -0.2) is 20.2 Å². The molecule has 1 aromatic rings. The van der Waals surface area contributed by atoms with Crippen molar-refractivity contribution in [2.75, 3.05) is 0 Å². The summed E-state index contributed by atoms with van der Waals surface area (Å²) in [5.41, 5.74) is -0.558. The van der Waals surface area contributed by atoms with E-state index in [1.165, 1.54) is 0 Å². The molecule has 0 radical (unpaired) electrons. The summed E-state index contributed by atoms with van der Waals surface area (Å²) >= 11 is 0. The van der Waals surface area contributed by atoms with E-state index in [0.29, 0.717) is 11.3 Å². The van der Waals surface area contributed by atoms with E-state index in [0.717, 1.165) is 0 Å². The molecule has 1 aliphatic rings. The largest absolute Gasteiger partial charge is 0.545 e. The van der Waals surface area contributed by atoms with E-state index < -0.39 is 26.5 Å². The zero-order chi connectivity index (χ0) is 15.1. The van der Waals surface area contributed by atoms with Gasteiger partial charge in [0.1, 0.15) is 5.75 Å². The second-order valence-electron chi connectivity index (χ2n) is 6.41. The van der Waals surface area contributed by atoms with Crippen LogP contribution >= 0.6 is 0 Å². The molecule has 3 nitrogen and oxygen atoms in total. The molecular formula is C15H23FO3Si. The van der Waals surface area contributed by atoms with Gasteiger partial charge in [-0.3, -0.25) is 0 Å². The molecule has 1 aromatic carbocycles. The third kappa shape index (κ3) is 2.75. The SMILES string of the molecule is C[SiH](C)Oc1cccc(C2OC(C)(C)C(C)(C)O2)c1F. The molecule has 5 heteroatoms. The number of hydrogen-bond acceptors (Lipinski definition) is 3. The Morgan fingerprint density at radius 3 is 2.15 bits per heavy atom. The lowest BCUT2D eigenvalue weighted by Crippen LogP contribution is -2.41. The van der Waals surface area contributed by atoms with Gasteiger partial charge in [-0.25, -0.2) is 4.39 Å². The third-order valence-corrected chi connectivity index (χ3v) is 4.59. The number of rotatable bonds is 3. The van der Waals surface area contributed by atoms with Crippen molar-refractivity contribution in [1.29, 1.82) is 0 Å². The van der Waals surface area contributed by atoms with Gasteiger partial charge < -0.3 is 13.9 Å². The van der Waals surface area contributed by atoms with E-state index >= 15 is 0 Å². The Balaban J connectivity index is 2.31. The first-order valence-electron chi connectivity index (χ1n) is 6.95. The van der Waals surface area contributed by atoms with E-state index in [4.69, 9.17) is 13.9 Å². The van der Waals surface area contributed by atoms with Gasteiger partial charge in [0.15, 0.2) is 12.1 Å². The molecule has 112 valence electrons. The average molecular weight is 298 g/mol. The van der Waals surface area contributed by atoms with E-state index in [1.54, 1.807) is 18.2 Å². The molecule has 0 saturated carbocycles. The van der Waals surface area contributed by atoms with Crippen molar-refractivity contribution < 1.29 is 18.3 Å². The van der Waals surface area contributed by atoms with Gasteiger partial charge >= 0.3 is 0 Å². The Bertz CT molecular complexity index is 484. The summed E-state index contributed by atoms with van der Waals surface area (Å²) < 4.78 is 31.9. The molecule has 0 aliphatic carbocycles. The number of halogens is 1. The van der Waals surface area contributed by atoms with Crippen molar-refractivity contribution in [1.82, 2.24) is 0 Å². The van der Waals surface area contributed by atoms with Crippen molar-refractivity contribution in [2.24, 2.45) is 0 Å². The maximum absolute atomic E-state index is 14.5. The number of ether oxygens (including phenoxy) is 2. The predicted molar refractivity (Wildman–Crippen MR) is 79.0 cm³/mol. The van der Waals surface area contributed by atoms with Crippen LogP contribution in [0.4, 0.5) is 4.39 Å². The van der Waals surface area contributed by atoms with Gasteiger partial charge in [0.25, 0.3) is 0 Å². The van der Waals surface area contributed by atoms with E-state index in [2.05, 4.69) is 0 Å². The fourth-order valence-electron chi connectivity index (χ4n) is 2.02. The molecule has 2 rings (SSSR count). The highest BCUT2D eigenvalue weighted by Crippen LogP contribution is 2.45. The lowest BCUT2D eigenvalue weighted by Gasteiger charge is -2.30. The van der Waals surface area contributed by atoms with Crippen LogP contribution in [0.3, 0.4) is 0 Å². The topological polar surface area (TPSA) is 27.7 Å². The zero-order valence-electron chi connectivity index (χ0n) is 13.0. The van der Waals surface area contributed by atoms with Gasteiger partial charge in [-0.15, -0.1) is 0 Å². The lowest BCUT2D eigenvalue weighted by atomic mass is 9.90. The summed E-state index contributed by atoms with van der Waals surface area (Å²) in [6, 6.07) is 5.11. The molecule has 1 fully saturated rings. The monoisotopic (exact) mass is 298 g/mol. The first-order valence-corrected chi connectivity index (χ1v) is 9.73. The van der Waals surface area contributed by atoms with Crippen molar-refractivity contribution in [3.8, 4) is 5.75 Å². The second-order valence-corrected chi connectivity index (χ2v) is 8.75. The number of hydrogen-bond donors (Lipinski definition) is 0. The summed E-state index contributed by atoms with van der Waals surface area (Å²) in [6.45, 7) is 11.8. The van der Waals surface area contributed by atoms with Crippen LogP contribution in [0, 0.1) is 5.82 Å². The molecule has 1 aliphatic heterocycles. The Hall–Kier alpha value is -0.913. The van der Waals surface area contributed by atoms with Gasteiger partial charge in [0.2, 0.25) is 9.04 Å². The molecule has 20 heavy (non-hydrogen) atoms. The molecular weight excluding hydrogens is 275 g/mol. The smallest absolute Gasteiger partial charge is 0.229 e. The molecule has 0 aromatic heterocycles. The van der Waals surface area contributed by atoms with Gasteiger partial charge in [0.05, 0.1) is 11.2 Å². The minimum absolute atomic E-state index is 0.291. The van der Waals surface area contributed by atoms with Crippen LogP contribution in [0.2, 0.25) is 13.1 Å². The first kappa shape index (κ1) is 15.5. The Labute approximate surface area is 121 Å². The summed E-state index contributed by atoms with van der Waals surface area (Å²) in [6.07, 6.45) is -0.697. The fraction of sp³-hybridized carbons (Fsp3) is 0.600. The van der Waals surface area contributed by atoms with Crippen molar-refractivity contribution in [2.45, 2.75) is 58.3 Å². The minimum Gasteiger partial charge on any atom is -0.545 e. The van der Waals surface area contributed by atoms with Crippen LogP contribution in [-0.2, 0) is 9.47 Å². The van der Waals surface area contributed by atoms with Gasteiger partial charge in [0, 0.05) is 5.56 Å². The van der Waals surface area contributed by atoms with Crippen LogP contribution in [0.25, 0.3) is 0 Å². The minimum atomic E-state index is -1.35. The molecule has 0 N–H and O–H groups in total. The first-order chi connectivity index (χ1) is 9.14. The van der Waals surface area contributed by atoms with E-state index in [9.17, 15) is 4.39 Å². The Morgan fingerprint density at radius 2 is 1.65 bits per heavy atom. The molecule has 1 heterocycles. The summed E-state index contributed by atoms with van der Waals surface area (Å²) in [7, 11) is -1.35. The highest BCUT2D eigenvalue weighted by molar-refractivity contribution is 6.49. The van der Waals surface area contributed by atoms with Gasteiger partial charge in [-0.05, 0) is 46.9 Å². The van der Waals surface area contributed by atoms with Crippen molar-refractivity contribution in [3.05, 3.63) is 29.6 Å². The lowest BCUT2D eigenvalue weighted by molar-refractivity contribution is -0.0916. The second kappa shape index (κ2) is 5.13. The van der Waals surface area contributed by atoms with Crippen LogP contribution in [0.15, 0.2) is 18.2 Å². The highest BCUT2D eigenvalue weighted by Gasteiger charge is 2.50.